The zero-order valence-corrected chi connectivity index (χ0v) is 15.9. The van der Waals surface area contributed by atoms with E-state index < -0.39 is 12.3 Å². The van der Waals surface area contributed by atoms with Gasteiger partial charge >= 0.3 is 0 Å². The first kappa shape index (κ1) is 18.7. The number of anilines is 1. The lowest BCUT2D eigenvalue weighted by atomic mass is 9.90. The van der Waals surface area contributed by atoms with Gasteiger partial charge in [-0.15, -0.1) is 0 Å². The molecule has 146 valence electrons. The molecule has 2 aliphatic rings. The lowest BCUT2D eigenvalue weighted by Crippen LogP contribution is -2.50. The molecule has 0 aliphatic carbocycles. The number of nitrogens with zero attached hydrogens (tertiary/aromatic N) is 2. The van der Waals surface area contributed by atoms with Crippen LogP contribution in [0.1, 0.15) is 30.7 Å². The summed E-state index contributed by atoms with van der Waals surface area (Å²) in [5, 5.41) is 20.7. The smallest absolute Gasteiger partial charge is 0.154 e. The maximum Gasteiger partial charge on any atom is 0.154 e. The summed E-state index contributed by atoms with van der Waals surface area (Å²) in [5.74, 6) is 0.325. The van der Waals surface area contributed by atoms with Crippen molar-refractivity contribution in [3.63, 3.8) is 0 Å². The molecule has 3 heterocycles. The molecule has 0 spiro atoms. The van der Waals surface area contributed by atoms with Crippen LogP contribution < -0.4 is 9.64 Å². The first-order chi connectivity index (χ1) is 13.4. The highest BCUT2D eigenvalue weighted by atomic mass is 19.1. The van der Waals surface area contributed by atoms with Crippen molar-refractivity contribution in [2.45, 2.75) is 32.6 Å². The van der Waals surface area contributed by atoms with Crippen LogP contribution in [-0.2, 0) is 6.42 Å². The number of aromatic nitrogens is 1. The first-order valence-electron chi connectivity index (χ1n) is 9.26. The maximum atomic E-state index is 13.2. The van der Waals surface area contributed by atoms with E-state index in [4.69, 9.17) is 4.74 Å². The number of aliphatic hydroxyl groups excluding tert-OH is 2. The zero-order chi connectivity index (χ0) is 20.0. The molecule has 0 bridgehead atoms. The van der Waals surface area contributed by atoms with Gasteiger partial charge in [0.1, 0.15) is 17.6 Å². The Bertz CT molecular complexity index is 968. The summed E-state index contributed by atoms with van der Waals surface area (Å²) < 4.78 is 19.3. The van der Waals surface area contributed by atoms with E-state index in [0.29, 0.717) is 18.7 Å². The fourth-order valence-corrected chi connectivity index (χ4v) is 3.99. The molecule has 1 aromatic heterocycles. The predicted molar refractivity (Wildman–Crippen MR) is 106 cm³/mol. The average Bonchev–Trinajstić information content (AvgIpc) is 2.68. The van der Waals surface area contributed by atoms with Gasteiger partial charge in [0.2, 0.25) is 0 Å². The number of hydrogen-bond donors (Lipinski definition) is 2. The Hall–Kier alpha value is -2.70. The van der Waals surface area contributed by atoms with Gasteiger partial charge in [-0.1, -0.05) is 24.3 Å². The number of ether oxygens (including phenoxy) is 1. The van der Waals surface area contributed by atoms with Crippen molar-refractivity contribution >= 4 is 11.3 Å². The van der Waals surface area contributed by atoms with E-state index in [9.17, 15) is 14.6 Å². The highest BCUT2D eigenvalue weighted by Crippen LogP contribution is 2.47. The van der Waals surface area contributed by atoms with Crippen molar-refractivity contribution in [3.8, 4) is 5.75 Å². The van der Waals surface area contributed by atoms with Crippen LogP contribution >= 0.6 is 0 Å². The van der Waals surface area contributed by atoms with Gasteiger partial charge in [0.05, 0.1) is 18.8 Å². The largest absolute Gasteiger partial charge is 0.484 e. The van der Waals surface area contributed by atoms with Gasteiger partial charge < -0.3 is 19.8 Å². The summed E-state index contributed by atoms with van der Waals surface area (Å²) in [6.45, 7) is 7.97. The topological polar surface area (TPSA) is 65.8 Å². The fourth-order valence-electron chi connectivity index (χ4n) is 3.99. The second-order valence-corrected chi connectivity index (χ2v) is 7.38. The molecule has 4 rings (SSSR count). The van der Waals surface area contributed by atoms with Crippen LogP contribution in [0.3, 0.4) is 0 Å². The molecule has 0 radical (unpaired) electrons. The maximum absolute atomic E-state index is 13.2. The van der Waals surface area contributed by atoms with Crippen molar-refractivity contribution in [2.24, 2.45) is 0 Å². The molecular weight excluding hydrogens is 359 g/mol. The Morgan fingerprint density at radius 1 is 1.36 bits per heavy atom. The van der Waals surface area contributed by atoms with Crippen LogP contribution in [0.4, 0.5) is 10.1 Å². The number of halogens is 1. The van der Waals surface area contributed by atoms with Crippen molar-refractivity contribution in [1.29, 1.82) is 0 Å². The van der Waals surface area contributed by atoms with E-state index in [1.165, 1.54) is 12.1 Å². The summed E-state index contributed by atoms with van der Waals surface area (Å²) in [4.78, 5) is 6.48. The van der Waals surface area contributed by atoms with E-state index in [2.05, 4.69) is 11.6 Å². The van der Waals surface area contributed by atoms with Crippen LogP contribution in [-0.4, -0.2) is 40.7 Å². The second-order valence-electron chi connectivity index (χ2n) is 7.38. The van der Waals surface area contributed by atoms with Gasteiger partial charge in [-0.25, -0.2) is 4.39 Å². The van der Waals surface area contributed by atoms with Gasteiger partial charge in [-0.2, -0.15) is 0 Å². The molecule has 2 atom stereocenters. The Morgan fingerprint density at radius 3 is 2.71 bits per heavy atom. The normalized spacial score (nSPS) is 20.7. The van der Waals surface area contributed by atoms with Crippen molar-refractivity contribution in [2.75, 3.05) is 18.1 Å². The molecule has 2 aromatic rings. The predicted octanol–water partition coefficient (Wildman–Crippen LogP) is 3.05. The minimum absolute atomic E-state index is 0.165. The van der Waals surface area contributed by atoms with E-state index in [-0.39, 0.29) is 12.4 Å². The molecule has 2 unspecified atom stereocenters. The third-order valence-electron chi connectivity index (χ3n) is 5.34. The monoisotopic (exact) mass is 382 g/mol. The van der Waals surface area contributed by atoms with Crippen molar-refractivity contribution in [1.82, 2.24) is 4.98 Å². The summed E-state index contributed by atoms with van der Waals surface area (Å²) >= 11 is 0. The zero-order valence-electron chi connectivity index (χ0n) is 15.9. The number of hydrogen-bond acceptors (Lipinski definition) is 5. The van der Waals surface area contributed by atoms with E-state index in [1.807, 2.05) is 18.7 Å². The van der Waals surface area contributed by atoms with Crippen LogP contribution in [0, 0.1) is 5.82 Å². The quantitative estimate of drug-likeness (QED) is 0.851. The standard InChI is InChI=1S/C22H23FN2O3/c1-12(2)18-13(3)19-20-21(28-17(11-26)10-25(20)22(18)27)15(9-24-19)8-14-4-6-16(23)7-5-14/h4-7,9,17,22,26-27H,1,8,10-11H2,2-3H3. The molecule has 1 aromatic carbocycles. The molecule has 0 saturated heterocycles. The molecule has 0 fully saturated rings. The summed E-state index contributed by atoms with van der Waals surface area (Å²) in [6.07, 6.45) is 0.930. The van der Waals surface area contributed by atoms with Gasteiger partial charge in [-0.3, -0.25) is 4.98 Å². The van der Waals surface area contributed by atoms with Crippen molar-refractivity contribution < 1.29 is 19.3 Å². The number of pyridine rings is 1. The SMILES string of the molecule is C=C(C)C1=C(C)c2ncc(Cc3ccc(F)cc3)c3c2N(CC(CO)O3)C1O. The molecule has 2 aliphatic heterocycles. The molecule has 6 heteroatoms. The van der Waals surface area contributed by atoms with Gasteiger partial charge in [0.25, 0.3) is 0 Å². The van der Waals surface area contributed by atoms with Crippen molar-refractivity contribution in [3.05, 3.63) is 70.8 Å². The third-order valence-corrected chi connectivity index (χ3v) is 5.34. The lowest BCUT2D eigenvalue weighted by Gasteiger charge is -2.44. The second kappa shape index (κ2) is 7.04. The van der Waals surface area contributed by atoms with Gasteiger partial charge in [-0.05, 0) is 37.1 Å². The van der Waals surface area contributed by atoms with E-state index in [0.717, 1.165) is 39.2 Å². The van der Waals surface area contributed by atoms with Crippen LogP contribution in [0.15, 0.2) is 48.2 Å². The van der Waals surface area contributed by atoms with E-state index >= 15 is 0 Å². The Morgan fingerprint density at radius 2 is 2.07 bits per heavy atom. The average molecular weight is 382 g/mol. The minimum Gasteiger partial charge on any atom is -0.484 e. The minimum atomic E-state index is -0.871. The summed E-state index contributed by atoms with van der Waals surface area (Å²) in [5.41, 5.74) is 5.63. The van der Waals surface area contributed by atoms with Crippen LogP contribution in [0.25, 0.3) is 5.57 Å². The van der Waals surface area contributed by atoms with Gasteiger partial charge in [0.15, 0.2) is 12.0 Å². The molecule has 5 nitrogen and oxygen atoms in total. The number of benzene rings is 1. The Labute approximate surface area is 163 Å². The van der Waals surface area contributed by atoms with Crippen LogP contribution in [0.2, 0.25) is 0 Å². The molecule has 0 amide bonds. The number of aliphatic hydroxyl groups is 2. The Kier molecular flexibility index (Phi) is 4.69. The van der Waals surface area contributed by atoms with E-state index in [1.54, 1.807) is 18.3 Å². The highest BCUT2D eigenvalue weighted by Gasteiger charge is 2.39. The number of allylic oxidation sites excluding steroid dienone is 1. The molecule has 2 N–H and O–H groups in total. The van der Waals surface area contributed by atoms with Crippen LogP contribution in [0.5, 0.6) is 5.75 Å². The lowest BCUT2D eigenvalue weighted by molar-refractivity contribution is 0.0939. The molecular formula is C22H23FN2O3. The third kappa shape index (κ3) is 2.99. The molecule has 0 saturated carbocycles. The molecule has 28 heavy (non-hydrogen) atoms. The summed E-state index contributed by atoms with van der Waals surface area (Å²) in [6, 6.07) is 6.30. The van der Waals surface area contributed by atoms with Gasteiger partial charge in [0, 0.05) is 23.8 Å². The fraction of sp³-hybridized carbons (Fsp3) is 0.318. The Balaban J connectivity index is 1.86. The first-order valence-corrected chi connectivity index (χ1v) is 9.26. The highest BCUT2D eigenvalue weighted by molar-refractivity contribution is 5.86. The summed E-state index contributed by atoms with van der Waals surface area (Å²) in [7, 11) is 0. The number of rotatable bonds is 4.